The molecule has 0 bridgehead atoms. The molecule has 1 saturated heterocycles. The summed E-state index contributed by atoms with van der Waals surface area (Å²) in [5.74, 6) is -0.852. The minimum atomic E-state index is -1.22. The summed E-state index contributed by atoms with van der Waals surface area (Å²) in [7, 11) is 0. The van der Waals surface area contributed by atoms with Crippen molar-refractivity contribution < 1.29 is 19.1 Å². The number of H-pyrrole nitrogens is 1. The van der Waals surface area contributed by atoms with Crippen LogP contribution in [0.3, 0.4) is 0 Å². The number of aromatic nitrogens is 1. The fraction of sp³-hybridized carbons (Fsp3) is 0.286. The zero-order valence-corrected chi connectivity index (χ0v) is 11.8. The number of amides is 1. The Morgan fingerprint density at radius 1 is 1.38 bits per heavy atom. The molecular formula is C14H13FN2O3S. The Hall–Kier alpha value is -2.02. The Balaban J connectivity index is 1.88. The number of rotatable bonds is 3. The van der Waals surface area contributed by atoms with Gasteiger partial charge in [0.1, 0.15) is 17.1 Å². The van der Waals surface area contributed by atoms with Crippen molar-refractivity contribution >= 4 is 34.5 Å². The molecule has 21 heavy (non-hydrogen) atoms. The molecule has 0 spiro atoms. The first-order valence-corrected chi connectivity index (χ1v) is 7.58. The van der Waals surface area contributed by atoms with E-state index in [1.165, 1.54) is 30.0 Å². The first-order valence-electron chi connectivity index (χ1n) is 6.42. The molecule has 1 aliphatic rings. The fourth-order valence-electron chi connectivity index (χ4n) is 2.40. The van der Waals surface area contributed by atoms with Crippen molar-refractivity contribution in [1.82, 2.24) is 10.3 Å². The second-order valence-corrected chi connectivity index (χ2v) is 6.16. The number of carbonyl (C=O) groups is 2. The molecule has 0 aliphatic carbocycles. The highest BCUT2D eigenvalue weighted by molar-refractivity contribution is 7.99. The molecule has 1 amide bonds. The molecule has 110 valence electrons. The van der Waals surface area contributed by atoms with Crippen LogP contribution in [-0.4, -0.2) is 39.0 Å². The van der Waals surface area contributed by atoms with Gasteiger partial charge in [0.25, 0.3) is 5.91 Å². The number of hydrogen-bond donors (Lipinski definition) is 3. The van der Waals surface area contributed by atoms with Gasteiger partial charge < -0.3 is 15.4 Å². The van der Waals surface area contributed by atoms with Crippen molar-refractivity contribution in [2.24, 2.45) is 0 Å². The van der Waals surface area contributed by atoms with Crippen LogP contribution in [0.4, 0.5) is 4.39 Å². The summed E-state index contributed by atoms with van der Waals surface area (Å²) < 4.78 is 13.1. The fourth-order valence-corrected chi connectivity index (χ4v) is 3.72. The van der Waals surface area contributed by atoms with Crippen molar-refractivity contribution in [3.63, 3.8) is 0 Å². The van der Waals surface area contributed by atoms with Gasteiger partial charge in [0.2, 0.25) is 0 Å². The highest BCUT2D eigenvalue weighted by atomic mass is 32.2. The van der Waals surface area contributed by atoms with Gasteiger partial charge in [-0.15, -0.1) is 0 Å². The SMILES string of the molecule is O=C(NC1(C(=O)O)CCSC1)c1cc2cc(F)ccc2[nH]1. The van der Waals surface area contributed by atoms with Crippen molar-refractivity contribution in [3.8, 4) is 0 Å². The monoisotopic (exact) mass is 308 g/mol. The third-order valence-corrected chi connectivity index (χ3v) is 4.80. The number of fused-ring (bicyclic) bond motifs is 1. The predicted octanol–water partition coefficient (Wildman–Crippen LogP) is 2.00. The topological polar surface area (TPSA) is 82.2 Å². The summed E-state index contributed by atoms with van der Waals surface area (Å²) in [6.07, 6.45) is 0.396. The van der Waals surface area contributed by atoms with Crippen molar-refractivity contribution in [3.05, 3.63) is 35.8 Å². The predicted molar refractivity (Wildman–Crippen MR) is 78.0 cm³/mol. The molecular weight excluding hydrogens is 295 g/mol. The molecule has 5 nitrogen and oxygen atoms in total. The first-order chi connectivity index (χ1) is 10.00. The van der Waals surface area contributed by atoms with Gasteiger partial charge in [-0.1, -0.05) is 0 Å². The summed E-state index contributed by atoms with van der Waals surface area (Å²) in [5.41, 5.74) is -0.357. The molecule has 7 heteroatoms. The maximum absolute atomic E-state index is 13.1. The molecule has 3 N–H and O–H groups in total. The summed E-state index contributed by atoms with van der Waals surface area (Å²) in [6.45, 7) is 0. The van der Waals surface area contributed by atoms with Crippen molar-refractivity contribution in [2.45, 2.75) is 12.0 Å². The molecule has 3 rings (SSSR count). The van der Waals surface area contributed by atoms with E-state index in [0.717, 1.165) is 0 Å². The van der Waals surface area contributed by atoms with Gasteiger partial charge >= 0.3 is 5.97 Å². The Bertz CT molecular complexity index is 722. The van der Waals surface area contributed by atoms with Gasteiger partial charge in [-0.05, 0) is 36.4 Å². The van der Waals surface area contributed by atoms with E-state index in [1.54, 1.807) is 6.07 Å². The Labute approximate surface area is 123 Å². The smallest absolute Gasteiger partial charge is 0.330 e. The average Bonchev–Trinajstić information content (AvgIpc) is 3.05. The van der Waals surface area contributed by atoms with Crippen molar-refractivity contribution in [1.29, 1.82) is 0 Å². The number of halogens is 1. The third-order valence-electron chi connectivity index (χ3n) is 3.61. The molecule has 1 atom stereocenters. The first kappa shape index (κ1) is 13.9. The van der Waals surface area contributed by atoms with Crippen LogP contribution in [0.2, 0.25) is 0 Å². The lowest BCUT2D eigenvalue weighted by Gasteiger charge is -2.24. The van der Waals surface area contributed by atoms with E-state index in [-0.39, 0.29) is 11.5 Å². The average molecular weight is 308 g/mol. The quantitative estimate of drug-likeness (QED) is 0.810. The molecule has 1 aliphatic heterocycles. The highest BCUT2D eigenvalue weighted by Crippen LogP contribution is 2.29. The number of carboxylic acids is 1. The standard InChI is InChI=1S/C14H13FN2O3S/c15-9-1-2-10-8(5-9)6-11(16-10)12(18)17-14(13(19)20)3-4-21-7-14/h1-2,5-6,16H,3-4,7H2,(H,17,18)(H,19,20). The van der Waals surface area contributed by atoms with Gasteiger partial charge in [0, 0.05) is 16.7 Å². The number of carboxylic acid groups (broad SMARTS) is 1. The lowest BCUT2D eigenvalue weighted by molar-refractivity contribution is -0.143. The minimum Gasteiger partial charge on any atom is -0.479 e. The third kappa shape index (κ3) is 2.49. The van der Waals surface area contributed by atoms with E-state index in [0.29, 0.717) is 28.8 Å². The van der Waals surface area contributed by atoms with E-state index in [4.69, 9.17) is 0 Å². The van der Waals surface area contributed by atoms with Crippen molar-refractivity contribution in [2.75, 3.05) is 11.5 Å². The molecule has 1 fully saturated rings. The summed E-state index contributed by atoms with van der Waals surface area (Å²) in [6, 6.07) is 5.68. The minimum absolute atomic E-state index is 0.230. The Kier molecular flexibility index (Phi) is 3.36. The zero-order valence-electron chi connectivity index (χ0n) is 11.0. The van der Waals surface area contributed by atoms with Crippen LogP contribution < -0.4 is 5.32 Å². The Morgan fingerprint density at radius 2 is 2.19 bits per heavy atom. The van der Waals surface area contributed by atoms with Crippen LogP contribution >= 0.6 is 11.8 Å². The molecule has 0 radical (unpaired) electrons. The van der Waals surface area contributed by atoms with Gasteiger partial charge in [-0.2, -0.15) is 11.8 Å². The number of thioether (sulfide) groups is 1. The lowest BCUT2D eigenvalue weighted by atomic mass is 9.99. The maximum Gasteiger partial charge on any atom is 0.330 e. The number of benzene rings is 1. The van der Waals surface area contributed by atoms with E-state index in [1.807, 2.05) is 0 Å². The molecule has 1 unspecified atom stereocenters. The van der Waals surface area contributed by atoms with Crippen LogP contribution in [0.25, 0.3) is 10.9 Å². The highest BCUT2D eigenvalue weighted by Gasteiger charge is 2.43. The summed E-state index contributed by atoms with van der Waals surface area (Å²) >= 11 is 1.50. The Morgan fingerprint density at radius 3 is 2.86 bits per heavy atom. The second kappa shape index (κ2) is 5.07. The van der Waals surface area contributed by atoms with Crippen LogP contribution in [0.5, 0.6) is 0 Å². The normalized spacial score (nSPS) is 21.6. The van der Waals surface area contributed by atoms with E-state index >= 15 is 0 Å². The maximum atomic E-state index is 13.1. The number of aromatic amines is 1. The van der Waals surface area contributed by atoms with E-state index < -0.39 is 17.4 Å². The lowest BCUT2D eigenvalue weighted by Crippen LogP contribution is -2.54. The molecule has 2 heterocycles. The summed E-state index contributed by atoms with van der Waals surface area (Å²) in [5, 5.41) is 12.5. The van der Waals surface area contributed by atoms with Crippen LogP contribution in [0, 0.1) is 5.82 Å². The zero-order chi connectivity index (χ0) is 15.0. The van der Waals surface area contributed by atoms with Crippen LogP contribution in [0.15, 0.2) is 24.3 Å². The van der Waals surface area contributed by atoms with E-state index in [9.17, 15) is 19.1 Å². The molecule has 0 saturated carbocycles. The number of hydrogen-bond acceptors (Lipinski definition) is 3. The van der Waals surface area contributed by atoms with Gasteiger partial charge in [-0.25, -0.2) is 9.18 Å². The number of carbonyl (C=O) groups excluding carboxylic acids is 1. The number of nitrogens with one attached hydrogen (secondary N) is 2. The second-order valence-electron chi connectivity index (χ2n) is 5.06. The van der Waals surface area contributed by atoms with Crippen LogP contribution in [-0.2, 0) is 4.79 Å². The van der Waals surface area contributed by atoms with Gasteiger partial charge in [-0.3, -0.25) is 4.79 Å². The van der Waals surface area contributed by atoms with Gasteiger partial charge in [0.05, 0.1) is 0 Å². The summed E-state index contributed by atoms with van der Waals surface area (Å²) in [4.78, 5) is 26.5. The van der Waals surface area contributed by atoms with Crippen LogP contribution in [0.1, 0.15) is 16.9 Å². The number of aliphatic carboxylic acids is 1. The largest absolute Gasteiger partial charge is 0.479 e. The molecule has 1 aromatic carbocycles. The van der Waals surface area contributed by atoms with E-state index in [2.05, 4.69) is 10.3 Å². The molecule has 2 aromatic rings. The molecule has 1 aromatic heterocycles. The van der Waals surface area contributed by atoms with Gasteiger partial charge in [0.15, 0.2) is 0 Å².